The number of aliphatic hydroxyl groups is 1. The molecule has 4 aromatic rings. The SMILES string of the molecule is O=S(=O)(C1CC1)n1cc(-c2nccc(Nc3cc(NC4CCCCC4O)c(-c4ccn(C(F)F)n4)cn3)n2)cn1. The van der Waals surface area contributed by atoms with Crippen LogP contribution in [0.15, 0.2) is 49.2 Å². The van der Waals surface area contributed by atoms with E-state index in [2.05, 4.69) is 35.8 Å². The lowest BCUT2D eigenvalue weighted by Crippen LogP contribution is -2.36. The molecule has 0 bridgehead atoms. The van der Waals surface area contributed by atoms with Crippen LogP contribution in [0.25, 0.3) is 22.6 Å². The van der Waals surface area contributed by atoms with Crippen LogP contribution < -0.4 is 10.6 Å². The van der Waals surface area contributed by atoms with Crippen molar-refractivity contribution in [2.45, 2.75) is 62.5 Å². The average Bonchev–Trinajstić information content (AvgIpc) is 3.48. The molecular weight excluding hydrogens is 544 g/mol. The van der Waals surface area contributed by atoms with E-state index in [9.17, 15) is 22.3 Å². The van der Waals surface area contributed by atoms with Gasteiger partial charge in [-0.05, 0) is 37.8 Å². The smallest absolute Gasteiger partial charge is 0.333 e. The lowest BCUT2D eigenvalue weighted by molar-refractivity contribution is 0.0568. The minimum Gasteiger partial charge on any atom is -0.391 e. The summed E-state index contributed by atoms with van der Waals surface area (Å²) in [6, 6.07) is 4.61. The first-order valence-electron chi connectivity index (χ1n) is 13.0. The van der Waals surface area contributed by atoms with Gasteiger partial charge in [0.25, 0.3) is 10.0 Å². The number of nitrogens with one attached hydrogen (secondary N) is 2. The summed E-state index contributed by atoms with van der Waals surface area (Å²) in [5.41, 5.74) is 1.84. The molecule has 4 aromatic heterocycles. The number of aliphatic hydroxyl groups excluding tert-OH is 1. The van der Waals surface area contributed by atoms with Crippen molar-refractivity contribution < 1.29 is 22.3 Å². The lowest BCUT2D eigenvalue weighted by Gasteiger charge is -2.30. The molecule has 0 amide bonds. The second-order valence-electron chi connectivity index (χ2n) is 9.91. The van der Waals surface area contributed by atoms with Gasteiger partial charge in [-0.2, -0.15) is 23.1 Å². The van der Waals surface area contributed by atoms with Gasteiger partial charge in [0.15, 0.2) is 5.82 Å². The Hall–Kier alpha value is -3.98. The van der Waals surface area contributed by atoms with Crippen LogP contribution in [-0.4, -0.2) is 64.8 Å². The monoisotopic (exact) mass is 571 g/mol. The Morgan fingerprint density at radius 3 is 2.62 bits per heavy atom. The van der Waals surface area contributed by atoms with Gasteiger partial charge in [-0.25, -0.2) is 28.1 Å². The first-order valence-corrected chi connectivity index (χ1v) is 14.5. The van der Waals surface area contributed by atoms with Gasteiger partial charge in [0.1, 0.15) is 11.6 Å². The molecule has 2 aliphatic rings. The van der Waals surface area contributed by atoms with E-state index in [1.165, 1.54) is 37.1 Å². The number of pyridine rings is 1. The molecule has 4 heterocycles. The topological polar surface area (TPSA) is 153 Å². The van der Waals surface area contributed by atoms with Gasteiger partial charge in [-0.15, -0.1) is 0 Å². The van der Waals surface area contributed by atoms with Gasteiger partial charge >= 0.3 is 6.55 Å². The van der Waals surface area contributed by atoms with Gasteiger partial charge in [-0.1, -0.05) is 12.8 Å². The molecule has 40 heavy (non-hydrogen) atoms. The Balaban J connectivity index is 1.27. The molecule has 0 aromatic carbocycles. The van der Waals surface area contributed by atoms with Crippen LogP contribution in [0, 0.1) is 0 Å². The fourth-order valence-electron chi connectivity index (χ4n) is 4.69. The predicted molar refractivity (Wildman–Crippen MR) is 142 cm³/mol. The highest BCUT2D eigenvalue weighted by atomic mass is 32.2. The quantitative estimate of drug-likeness (QED) is 0.270. The average molecular weight is 572 g/mol. The van der Waals surface area contributed by atoms with E-state index >= 15 is 0 Å². The van der Waals surface area contributed by atoms with E-state index in [1.54, 1.807) is 12.1 Å². The number of aromatic nitrogens is 7. The number of hydrogen-bond acceptors (Lipinski definition) is 10. The van der Waals surface area contributed by atoms with E-state index in [4.69, 9.17) is 0 Å². The zero-order chi connectivity index (χ0) is 27.9. The fourth-order valence-corrected chi connectivity index (χ4v) is 6.17. The fraction of sp³-hybridized carbons (Fsp3) is 0.400. The maximum absolute atomic E-state index is 13.2. The highest BCUT2D eigenvalue weighted by Crippen LogP contribution is 2.33. The summed E-state index contributed by atoms with van der Waals surface area (Å²) < 4.78 is 52.8. The summed E-state index contributed by atoms with van der Waals surface area (Å²) >= 11 is 0. The maximum atomic E-state index is 13.2. The summed E-state index contributed by atoms with van der Waals surface area (Å²) in [4.78, 5) is 13.2. The van der Waals surface area contributed by atoms with Crippen LogP contribution >= 0.6 is 0 Å². The van der Waals surface area contributed by atoms with E-state index in [-0.39, 0.29) is 11.9 Å². The molecule has 0 saturated heterocycles. The summed E-state index contributed by atoms with van der Waals surface area (Å²) in [5, 5.41) is 24.6. The van der Waals surface area contributed by atoms with Crippen molar-refractivity contribution >= 4 is 27.3 Å². The van der Waals surface area contributed by atoms with Crippen molar-refractivity contribution in [2.75, 3.05) is 10.6 Å². The molecule has 3 N–H and O–H groups in total. The van der Waals surface area contributed by atoms with Crippen molar-refractivity contribution in [3.63, 3.8) is 0 Å². The zero-order valence-electron chi connectivity index (χ0n) is 21.2. The zero-order valence-corrected chi connectivity index (χ0v) is 22.0. The normalized spacial score (nSPS) is 19.6. The molecular formula is C25H27F2N9O3S. The van der Waals surface area contributed by atoms with E-state index in [0.29, 0.717) is 58.1 Å². The Kier molecular flexibility index (Phi) is 6.92. The first-order chi connectivity index (χ1) is 19.3. The molecule has 2 atom stereocenters. The molecule has 2 unspecified atom stereocenters. The van der Waals surface area contributed by atoms with Crippen molar-refractivity contribution in [2.24, 2.45) is 0 Å². The number of rotatable bonds is 9. The third kappa shape index (κ3) is 5.38. The highest BCUT2D eigenvalue weighted by molar-refractivity contribution is 7.90. The molecule has 0 spiro atoms. The minimum atomic E-state index is -3.51. The van der Waals surface area contributed by atoms with Crippen molar-refractivity contribution in [1.82, 2.24) is 33.9 Å². The van der Waals surface area contributed by atoms with Gasteiger partial charge in [0.2, 0.25) is 0 Å². The van der Waals surface area contributed by atoms with E-state index in [1.807, 2.05) is 0 Å². The van der Waals surface area contributed by atoms with Gasteiger partial charge < -0.3 is 15.7 Å². The van der Waals surface area contributed by atoms with E-state index in [0.717, 1.165) is 23.3 Å². The minimum absolute atomic E-state index is 0.214. The largest absolute Gasteiger partial charge is 0.391 e. The molecule has 12 nitrogen and oxygen atoms in total. The van der Waals surface area contributed by atoms with Gasteiger partial charge in [-0.3, -0.25) is 0 Å². The molecule has 0 radical (unpaired) electrons. The van der Waals surface area contributed by atoms with Gasteiger partial charge in [0.05, 0.1) is 41.0 Å². The summed E-state index contributed by atoms with van der Waals surface area (Å²) in [6.45, 7) is -2.77. The van der Waals surface area contributed by atoms with Crippen molar-refractivity contribution in [3.05, 3.63) is 49.2 Å². The number of nitrogens with zero attached hydrogens (tertiary/aromatic N) is 7. The van der Waals surface area contributed by atoms with Crippen LogP contribution in [0.3, 0.4) is 0 Å². The van der Waals surface area contributed by atoms with Crippen LogP contribution in [0.4, 0.5) is 26.1 Å². The van der Waals surface area contributed by atoms with Crippen LogP contribution in [0.1, 0.15) is 45.1 Å². The molecule has 0 aliphatic heterocycles. The molecule has 2 fully saturated rings. The standard InChI is InChI=1S/C25H27F2N9O3S/c26-25(27)35-10-8-18(34-35)17-13-29-23(11-20(17)31-19-3-1-2-4-21(19)37)32-22-7-9-28-24(33-22)15-12-30-36(14-15)40(38,39)16-5-6-16/h7-14,16,19,21,25,37H,1-6H2,(H2,28,29,31,32,33). The number of halogens is 2. The Bertz CT molecular complexity index is 1620. The Morgan fingerprint density at radius 2 is 1.88 bits per heavy atom. The van der Waals surface area contributed by atoms with Crippen LogP contribution in [-0.2, 0) is 10.0 Å². The van der Waals surface area contributed by atoms with Crippen molar-refractivity contribution in [1.29, 1.82) is 0 Å². The maximum Gasteiger partial charge on any atom is 0.333 e. The Labute approximate surface area is 228 Å². The second kappa shape index (κ2) is 10.5. The van der Waals surface area contributed by atoms with Gasteiger partial charge in [0, 0.05) is 35.9 Å². The number of alkyl halides is 2. The molecule has 210 valence electrons. The highest BCUT2D eigenvalue weighted by Gasteiger charge is 2.37. The van der Waals surface area contributed by atoms with E-state index < -0.39 is 27.9 Å². The predicted octanol–water partition coefficient (Wildman–Crippen LogP) is 3.79. The summed E-state index contributed by atoms with van der Waals surface area (Å²) in [5.74, 6) is 1.08. The Morgan fingerprint density at radius 1 is 1.05 bits per heavy atom. The second-order valence-corrected chi connectivity index (χ2v) is 12.0. The first kappa shape index (κ1) is 26.3. The summed E-state index contributed by atoms with van der Waals surface area (Å²) in [6.07, 6.45) is 11.1. The molecule has 2 saturated carbocycles. The van der Waals surface area contributed by atoms with Crippen molar-refractivity contribution in [3.8, 4) is 22.6 Å². The summed E-state index contributed by atoms with van der Waals surface area (Å²) in [7, 11) is -3.51. The lowest BCUT2D eigenvalue weighted by atomic mass is 9.92. The number of anilines is 3. The molecule has 15 heteroatoms. The molecule has 6 rings (SSSR count). The van der Waals surface area contributed by atoms with Crippen LogP contribution in [0.5, 0.6) is 0 Å². The van der Waals surface area contributed by atoms with Crippen LogP contribution in [0.2, 0.25) is 0 Å². The third-order valence-corrected chi connectivity index (χ3v) is 9.03. The molecule has 2 aliphatic carbocycles. The third-order valence-electron chi connectivity index (χ3n) is 7.00. The number of hydrogen-bond donors (Lipinski definition) is 3.